The highest BCUT2D eigenvalue weighted by molar-refractivity contribution is 6.48. The molecule has 4 heteroatoms. The second-order valence-corrected chi connectivity index (χ2v) is 4.27. The first-order chi connectivity index (χ1) is 6.07. The average Bonchev–Trinajstić information content (AvgIpc) is 2.09. The molecule has 0 aliphatic carbocycles. The molecule has 13 heavy (non-hydrogen) atoms. The van der Waals surface area contributed by atoms with E-state index in [9.17, 15) is 0 Å². The normalized spacial score (nSPS) is 10.5. The van der Waals surface area contributed by atoms with E-state index in [1.54, 1.807) is 6.07 Å². The summed E-state index contributed by atoms with van der Waals surface area (Å²) in [5.74, 6) is 0. The Balaban J connectivity index is 3.28. The quantitative estimate of drug-likeness (QED) is 0.635. The molecule has 0 aliphatic rings. The topological polar surface area (TPSA) is 0 Å². The Labute approximate surface area is 97.7 Å². The molecule has 0 fully saturated rings. The third kappa shape index (κ3) is 2.44. The molecule has 0 radical (unpaired) electrons. The molecule has 0 atom stereocenters. The molecular formula is C9H8Cl4. The predicted molar refractivity (Wildman–Crippen MR) is 60.5 cm³/mol. The number of hydrogen-bond acceptors (Lipinski definition) is 0. The van der Waals surface area contributed by atoms with Crippen LogP contribution in [0, 0.1) is 0 Å². The summed E-state index contributed by atoms with van der Waals surface area (Å²) in [7, 11) is 0. The van der Waals surface area contributed by atoms with Crippen LogP contribution in [0.3, 0.4) is 0 Å². The SMILES string of the molecule is CCCc1c(Cl)c(Cl)cc(Cl)c1Cl. The van der Waals surface area contributed by atoms with E-state index >= 15 is 0 Å². The van der Waals surface area contributed by atoms with Crippen molar-refractivity contribution in [2.75, 3.05) is 0 Å². The molecule has 0 N–H and O–H groups in total. The largest absolute Gasteiger partial charge is 0.0826 e. The monoisotopic (exact) mass is 256 g/mol. The fourth-order valence-electron chi connectivity index (χ4n) is 1.09. The van der Waals surface area contributed by atoms with E-state index in [0.29, 0.717) is 20.1 Å². The van der Waals surface area contributed by atoms with E-state index in [4.69, 9.17) is 46.4 Å². The summed E-state index contributed by atoms with van der Waals surface area (Å²) in [5, 5.41) is 1.94. The molecule has 0 amide bonds. The summed E-state index contributed by atoms with van der Waals surface area (Å²) in [6.45, 7) is 2.04. The third-order valence-corrected chi connectivity index (χ3v) is 3.36. The molecule has 1 rings (SSSR count). The lowest BCUT2D eigenvalue weighted by atomic mass is 10.1. The van der Waals surface area contributed by atoms with Crippen molar-refractivity contribution in [3.05, 3.63) is 31.7 Å². The molecule has 0 saturated carbocycles. The van der Waals surface area contributed by atoms with Crippen LogP contribution in [0.25, 0.3) is 0 Å². The van der Waals surface area contributed by atoms with Gasteiger partial charge in [0, 0.05) is 0 Å². The van der Waals surface area contributed by atoms with Crippen LogP contribution in [0.4, 0.5) is 0 Å². The summed E-state index contributed by atoms with van der Waals surface area (Å²) in [6, 6.07) is 1.56. The van der Waals surface area contributed by atoms with Crippen molar-refractivity contribution in [1.29, 1.82) is 0 Å². The minimum Gasteiger partial charge on any atom is -0.0826 e. The van der Waals surface area contributed by atoms with Gasteiger partial charge in [-0.3, -0.25) is 0 Å². The van der Waals surface area contributed by atoms with Gasteiger partial charge in [-0.05, 0) is 18.1 Å². The molecule has 0 unspecified atom stereocenters. The second-order valence-electron chi connectivity index (χ2n) is 2.70. The van der Waals surface area contributed by atoms with Gasteiger partial charge in [0.2, 0.25) is 0 Å². The highest BCUT2D eigenvalue weighted by atomic mass is 35.5. The summed E-state index contributed by atoms with van der Waals surface area (Å²) < 4.78 is 0. The molecule has 0 spiro atoms. The number of rotatable bonds is 2. The lowest BCUT2D eigenvalue weighted by molar-refractivity contribution is 0.922. The van der Waals surface area contributed by atoms with Gasteiger partial charge >= 0.3 is 0 Å². The predicted octanol–water partition coefficient (Wildman–Crippen LogP) is 5.25. The van der Waals surface area contributed by atoms with Gasteiger partial charge in [0.05, 0.1) is 20.1 Å². The van der Waals surface area contributed by atoms with Gasteiger partial charge in [-0.1, -0.05) is 59.7 Å². The molecule has 0 bridgehead atoms. The van der Waals surface area contributed by atoms with E-state index in [0.717, 1.165) is 18.4 Å². The van der Waals surface area contributed by atoms with Crippen LogP contribution in [0.1, 0.15) is 18.9 Å². The van der Waals surface area contributed by atoms with E-state index < -0.39 is 0 Å². The van der Waals surface area contributed by atoms with Gasteiger partial charge in [-0.15, -0.1) is 0 Å². The maximum atomic E-state index is 5.97. The summed E-state index contributed by atoms with van der Waals surface area (Å²) in [4.78, 5) is 0. The van der Waals surface area contributed by atoms with Gasteiger partial charge in [-0.25, -0.2) is 0 Å². The molecule has 1 aromatic carbocycles. The van der Waals surface area contributed by atoms with Gasteiger partial charge < -0.3 is 0 Å². The molecule has 0 aliphatic heterocycles. The summed E-state index contributed by atoms with van der Waals surface area (Å²) in [5.41, 5.74) is 0.836. The van der Waals surface area contributed by atoms with Gasteiger partial charge in [0.25, 0.3) is 0 Å². The van der Waals surface area contributed by atoms with Gasteiger partial charge in [0.15, 0.2) is 0 Å². The Morgan fingerprint density at radius 2 is 1.46 bits per heavy atom. The van der Waals surface area contributed by atoms with Crippen LogP contribution < -0.4 is 0 Å². The van der Waals surface area contributed by atoms with Crippen molar-refractivity contribution in [1.82, 2.24) is 0 Å². The zero-order valence-corrected chi connectivity index (χ0v) is 10.0. The Bertz CT molecular complexity index is 294. The lowest BCUT2D eigenvalue weighted by Crippen LogP contribution is -1.88. The molecular weight excluding hydrogens is 250 g/mol. The van der Waals surface area contributed by atoms with E-state index in [2.05, 4.69) is 0 Å². The van der Waals surface area contributed by atoms with Crippen molar-refractivity contribution in [3.8, 4) is 0 Å². The minimum atomic E-state index is 0.458. The first-order valence-corrected chi connectivity index (χ1v) is 5.41. The second kappa shape index (κ2) is 4.75. The Morgan fingerprint density at radius 1 is 1.00 bits per heavy atom. The van der Waals surface area contributed by atoms with Crippen LogP contribution in [-0.4, -0.2) is 0 Å². The summed E-state index contributed by atoms with van der Waals surface area (Å²) >= 11 is 23.7. The van der Waals surface area contributed by atoms with E-state index in [-0.39, 0.29) is 0 Å². The molecule has 0 nitrogen and oxygen atoms in total. The zero-order chi connectivity index (χ0) is 10.0. The van der Waals surface area contributed by atoms with Crippen molar-refractivity contribution in [3.63, 3.8) is 0 Å². The van der Waals surface area contributed by atoms with Gasteiger partial charge in [-0.2, -0.15) is 0 Å². The smallest absolute Gasteiger partial charge is 0.0640 e. The third-order valence-electron chi connectivity index (χ3n) is 1.70. The Hall–Kier alpha value is 0.380. The fourth-order valence-corrected chi connectivity index (χ4v) is 2.13. The highest BCUT2D eigenvalue weighted by Crippen LogP contribution is 2.37. The van der Waals surface area contributed by atoms with Gasteiger partial charge in [0.1, 0.15) is 0 Å². The number of halogens is 4. The zero-order valence-electron chi connectivity index (χ0n) is 7.00. The van der Waals surface area contributed by atoms with Crippen LogP contribution in [0.15, 0.2) is 6.07 Å². The molecule has 0 saturated heterocycles. The van der Waals surface area contributed by atoms with Crippen LogP contribution in [-0.2, 0) is 6.42 Å². The summed E-state index contributed by atoms with van der Waals surface area (Å²) in [6.07, 6.45) is 1.74. The molecule has 72 valence electrons. The average molecular weight is 258 g/mol. The van der Waals surface area contributed by atoms with Crippen LogP contribution >= 0.6 is 46.4 Å². The van der Waals surface area contributed by atoms with E-state index in [1.807, 2.05) is 6.92 Å². The number of benzene rings is 1. The molecule has 1 aromatic rings. The lowest BCUT2D eigenvalue weighted by Gasteiger charge is -2.08. The number of hydrogen-bond donors (Lipinski definition) is 0. The van der Waals surface area contributed by atoms with Crippen molar-refractivity contribution < 1.29 is 0 Å². The maximum Gasteiger partial charge on any atom is 0.0640 e. The first-order valence-electron chi connectivity index (χ1n) is 3.89. The highest BCUT2D eigenvalue weighted by Gasteiger charge is 2.12. The molecule has 0 heterocycles. The Kier molecular flexibility index (Phi) is 4.18. The standard InChI is InChI=1S/C9H8Cl4/c1-2-3-5-8(12)6(10)4-7(11)9(5)13/h4H,2-3H2,1H3. The Morgan fingerprint density at radius 3 is 1.85 bits per heavy atom. The maximum absolute atomic E-state index is 5.97. The van der Waals surface area contributed by atoms with Crippen molar-refractivity contribution in [2.24, 2.45) is 0 Å². The minimum absolute atomic E-state index is 0.458. The van der Waals surface area contributed by atoms with E-state index in [1.165, 1.54) is 0 Å². The van der Waals surface area contributed by atoms with Crippen LogP contribution in [0.5, 0.6) is 0 Å². The fraction of sp³-hybridized carbons (Fsp3) is 0.333. The van der Waals surface area contributed by atoms with Crippen molar-refractivity contribution >= 4 is 46.4 Å². The molecule has 0 aromatic heterocycles. The first kappa shape index (κ1) is 11.5. The van der Waals surface area contributed by atoms with Crippen molar-refractivity contribution in [2.45, 2.75) is 19.8 Å². The van der Waals surface area contributed by atoms with Crippen LogP contribution in [0.2, 0.25) is 20.1 Å².